The molecule has 0 fully saturated rings. The molecule has 13 rings (SSSR count). The predicted octanol–water partition coefficient (Wildman–Crippen LogP) is 15.7. The minimum atomic E-state index is -0.105. The van der Waals surface area contributed by atoms with E-state index in [4.69, 9.17) is 4.98 Å². The Balaban J connectivity index is 0.000000180. The number of fused-ring (bicyclic) bond motifs is 5. The van der Waals surface area contributed by atoms with Gasteiger partial charge in [-0.3, -0.25) is 0 Å². The molecule has 2 aliphatic carbocycles. The van der Waals surface area contributed by atoms with Gasteiger partial charge in [-0.15, -0.1) is 130 Å². The molecule has 0 saturated heterocycles. The van der Waals surface area contributed by atoms with Crippen LogP contribution < -0.4 is 15.3 Å². The van der Waals surface area contributed by atoms with Crippen molar-refractivity contribution in [3.63, 3.8) is 0 Å². The van der Waals surface area contributed by atoms with Gasteiger partial charge >= 0.3 is 42.1 Å². The number of anilines is 3. The molecule has 7 heteroatoms. The van der Waals surface area contributed by atoms with Crippen molar-refractivity contribution >= 4 is 40.0 Å². The zero-order chi connectivity index (χ0) is 51.1. The van der Waals surface area contributed by atoms with Gasteiger partial charge in [0.1, 0.15) is 0 Å². The van der Waals surface area contributed by atoms with Gasteiger partial charge in [0.25, 0.3) is 0 Å². The standard InChI is InChI=1S/C37H27N3.C31H22N2.C2H6.2Pt/c1-37(2)33-16-4-3-15-31(33)32-20-19-30(25-34(32)37)40(28-13-9-11-26(23-28)35-17-5-7-21-38-35)29-14-10-12-27(24-29)36-18-6-8-22-39-36;1-3-13-28-24(9-1)15-17-32-30(28)26-11-5-7-22(20-26)19-23-8-6-12-27(21-23)31-29-14-4-2-10-25(29)16-18-33-31;1-2;;/h3-22,25H,1-2H3;1,3,5-18H,2,4,19H2;1-2H3;;/q2*-2;;2*+2. The molecule has 77 heavy (non-hydrogen) atoms. The summed E-state index contributed by atoms with van der Waals surface area (Å²) < 4.78 is 0. The molecule has 5 nitrogen and oxygen atoms in total. The van der Waals surface area contributed by atoms with Crippen LogP contribution in [-0.4, -0.2) is 19.9 Å². The van der Waals surface area contributed by atoms with Gasteiger partial charge in [0.2, 0.25) is 0 Å². The molecule has 0 amide bonds. The van der Waals surface area contributed by atoms with Gasteiger partial charge in [0, 0.05) is 35.9 Å². The smallest absolute Gasteiger partial charge is 0.346 e. The van der Waals surface area contributed by atoms with Crippen molar-refractivity contribution in [3.05, 3.63) is 270 Å². The van der Waals surface area contributed by atoms with Gasteiger partial charge < -0.3 is 24.8 Å². The van der Waals surface area contributed by atoms with Crippen molar-refractivity contribution in [1.82, 2.24) is 19.9 Å². The molecule has 0 saturated carbocycles. The maximum Gasteiger partial charge on any atom is 2.00 e. The maximum absolute atomic E-state index is 4.69. The van der Waals surface area contributed by atoms with E-state index in [9.17, 15) is 0 Å². The first-order chi connectivity index (χ1) is 36.9. The third-order valence-corrected chi connectivity index (χ3v) is 13.9. The molecule has 0 aliphatic heterocycles. The minimum Gasteiger partial charge on any atom is -0.346 e. The maximum atomic E-state index is 4.69. The Morgan fingerprint density at radius 2 is 1.01 bits per heavy atom. The molecule has 0 unspecified atom stereocenters. The van der Waals surface area contributed by atoms with Crippen molar-refractivity contribution in [2.24, 2.45) is 0 Å². The molecule has 0 atom stereocenters. The van der Waals surface area contributed by atoms with Crippen LogP contribution in [0.4, 0.5) is 17.1 Å². The fourth-order valence-electron chi connectivity index (χ4n) is 10.4. The molecular weight excluding hydrogens is 1300 g/mol. The first kappa shape index (κ1) is 54.1. The normalized spacial score (nSPS) is 12.2. The van der Waals surface area contributed by atoms with Crippen molar-refractivity contribution in [3.8, 4) is 56.2 Å². The second-order valence-corrected chi connectivity index (χ2v) is 19.0. The van der Waals surface area contributed by atoms with E-state index in [-0.39, 0.29) is 47.5 Å². The summed E-state index contributed by atoms with van der Waals surface area (Å²) in [6.45, 7) is 8.63. The summed E-state index contributed by atoms with van der Waals surface area (Å²) in [5, 5.41) is 4.84. The summed E-state index contributed by atoms with van der Waals surface area (Å²) in [4.78, 5) is 20.7. The quantitative estimate of drug-likeness (QED) is 0.135. The molecule has 11 aromatic rings. The molecule has 380 valence electrons. The van der Waals surface area contributed by atoms with Gasteiger partial charge in [-0.05, 0) is 133 Å². The van der Waals surface area contributed by atoms with Crippen molar-refractivity contribution < 1.29 is 42.1 Å². The number of benzene rings is 7. The number of nitrogens with zero attached hydrogens (tertiary/aromatic N) is 5. The Bertz CT molecular complexity index is 3860. The van der Waals surface area contributed by atoms with Gasteiger partial charge in [-0.25, -0.2) is 0 Å². The Labute approximate surface area is 481 Å². The molecule has 0 spiro atoms. The van der Waals surface area contributed by atoms with E-state index in [0.717, 1.165) is 97.9 Å². The van der Waals surface area contributed by atoms with E-state index in [1.54, 1.807) is 0 Å². The second-order valence-electron chi connectivity index (χ2n) is 19.0. The SMILES string of the molecule is CC.CC1(C)c2ccccc2-c2ccc(N(c3[c-]c(-c4ccccn4)ccc3)c3[c-]c(-c4ccccn4)ccc3)cc21.[Pt+2].[Pt+2].[c-]1c(Cc2[c-]c(-c3nccc4ccccc34)ccc2)cccc1-c1nccc2c1=CCCC=2. The first-order valence-corrected chi connectivity index (χ1v) is 25.9. The number of hydrogen-bond acceptors (Lipinski definition) is 5. The number of aromatic nitrogens is 4. The third kappa shape index (κ3) is 11.4. The first-order valence-electron chi connectivity index (χ1n) is 25.9. The monoisotopic (exact) mass is 1360 g/mol. The molecule has 0 bridgehead atoms. The van der Waals surface area contributed by atoms with Crippen molar-refractivity contribution in [2.45, 2.75) is 52.4 Å². The number of pyridine rings is 4. The second kappa shape index (κ2) is 24.5. The van der Waals surface area contributed by atoms with E-state index in [0.29, 0.717) is 0 Å². The summed E-state index contributed by atoms with van der Waals surface area (Å²) in [7, 11) is 0. The Morgan fingerprint density at radius 3 is 1.69 bits per heavy atom. The molecule has 2 aliphatic rings. The summed E-state index contributed by atoms with van der Waals surface area (Å²) in [6, 6.07) is 79.6. The largest absolute Gasteiger partial charge is 2.00 e. The van der Waals surface area contributed by atoms with E-state index in [2.05, 4.69) is 222 Å². The average Bonchev–Trinajstić information content (AvgIpc) is 3.72. The Hall–Kier alpha value is -7.68. The summed E-state index contributed by atoms with van der Waals surface area (Å²) in [5.41, 5.74) is 18.1. The van der Waals surface area contributed by atoms with Crippen LogP contribution in [0, 0.1) is 24.3 Å². The average molecular weight is 1360 g/mol. The van der Waals surface area contributed by atoms with Crippen LogP contribution in [0.1, 0.15) is 62.8 Å². The fraction of sp³-hybridized carbons (Fsp3) is 0.114. The third-order valence-electron chi connectivity index (χ3n) is 13.9. The summed E-state index contributed by atoms with van der Waals surface area (Å²) >= 11 is 0. The minimum absolute atomic E-state index is 0. The molecule has 4 heterocycles. The van der Waals surface area contributed by atoms with Gasteiger partial charge in [-0.2, -0.15) is 0 Å². The Morgan fingerprint density at radius 1 is 0.455 bits per heavy atom. The van der Waals surface area contributed by atoms with Crippen LogP contribution in [-0.2, 0) is 54.0 Å². The van der Waals surface area contributed by atoms with Crippen LogP contribution in [0.2, 0.25) is 0 Å². The zero-order valence-corrected chi connectivity index (χ0v) is 47.9. The topological polar surface area (TPSA) is 54.8 Å². The van der Waals surface area contributed by atoms with E-state index < -0.39 is 0 Å². The van der Waals surface area contributed by atoms with Crippen LogP contribution in [0.3, 0.4) is 0 Å². The van der Waals surface area contributed by atoms with Crippen LogP contribution in [0.15, 0.2) is 213 Å². The molecule has 7 aromatic carbocycles. The Kier molecular flexibility index (Phi) is 17.2. The number of hydrogen-bond donors (Lipinski definition) is 0. The van der Waals surface area contributed by atoms with Crippen LogP contribution in [0.5, 0.6) is 0 Å². The van der Waals surface area contributed by atoms with E-state index in [1.807, 2.05) is 75.0 Å². The predicted molar refractivity (Wildman–Crippen MR) is 309 cm³/mol. The van der Waals surface area contributed by atoms with Gasteiger partial charge in [0.15, 0.2) is 0 Å². The van der Waals surface area contributed by atoms with Gasteiger partial charge in [-0.1, -0.05) is 119 Å². The summed E-state index contributed by atoms with van der Waals surface area (Å²) in [5.74, 6) is 0. The van der Waals surface area contributed by atoms with Crippen LogP contribution in [0.25, 0.3) is 79.1 Å². The fourth-order valence-corrected chi connectivity index (χ4v) is 10.4. The van der Waals surface area contributed by atoms with Crippen molar-refractivity contribution in [2.75, 3.05) is 4.90 Å². The van der Waals surface area contributed by atoms with Crippen molar-refractivity contribution in [1.29, 1.82) is 0 Å². The van der Waals surface area contributed by atoms with Crippen LogP contribution >= 0.6 is 0 Å². The molecular formula is C70H55N5Pt2. The van der Waals surface area contributed by atoms with E-state index in [1.165, 1.54) is 38.1 Å². The number of rotatable bonds is 9. The molecule has 4 aromatic heterocycles. The molecule has 0 radical (unpaired) electrons. The van der Waals surface area contributed by atoms with Gasteiger partial charge in [0.05, 0.1) is 0 Å². The molecule has 0 N–H and O–H groups in total. The zero-order valence-electron chi connectivity index (χ0n) is 43.4. The van der Waals surface area contributed by atoms with E-state index >= 15 is 0 Å². The summed E-state index contributed by atoms with van der Waals surface area (Å²) in [6.07, 6.45) is 14.9.